The molecular formula is C32H40O8. The van der Waals surface area contributed by atoms with Gasteiger partial charge in [0.05, 0.1) is 39.6 Å². The Morgan fingerprint density at radius 3 is 2.42 bits per heavy atom. The summed E-state index contributed by atoms with van der Waals surface area (Å²) in [4.78, 5) is 24.8. The molecule has 8 heteroatoms. The molecule has 0 spiro atoms. The number of hydrogen-bond acceptors (Lipinski definition) is 8. The first-order chi connectivity index (χ1) is 19.1. The number of carbonyl (C=O) groups is 2. The highest BCUT2D eigenvalue weighted by molar-refractivity contribution is 5.93. The maximum atomic E-state index is 12.8. The minimum Gasteiger partial charge on any atom is -0.493 e. The van der Waals surface area contributed by atoms with Crippen LogP contribution in [0.25, 0.3) is 6.08 Å². The molecule has 1 N–H and O–H groups in total. The molecule has 40 heavy (non-hydrogen) atoms. The van der Waals surface area contributed by atoms with E-state index < -0.39 is 17.5 Å². The zero-order valence-corrected chi connectivity index (χ0v) is 24.0. The van der Waals surface area contributed by atoms with Crippen molar-refractivity contribution in [1.29, 1.82) is 0 Å². The average Bonchev–Trinajstić information content (AvgIpc) is 3.36. The van der Waals surface area contributed by atoms with E-state index in [2.05, 4.69) is 19.6 Å². The quantitative estimate of drug-likeness (QED) is 0.258. The number of esters is 2. The van der Waals surface area contributed by atoms with Crippen LogP contribution in [0.2, 0.25) is 0 Å². The van der Waals surface area contributed by atoms with Gasteiger partial charge in [-0.3, -0.25) is 0 Å². The lowest BCUT2D eigenvalue weighted by molar-refractivity contribution is -0.168. The van der Waals surface area contributed by atoms with Crippen molar-refractivity contribution >= 4 is 18.0 Å². The van der Waals surface area contributed by atoms with Crippen molar-refractivity contribution in [2.45, 2.75) is 45.6 Å². The van der Waals surface area contributed by atoms with Gasteiger partial charge in [-0.2, -0.15) is 0 Å². The Morgan fingerprint density at radius 1 is 1.12 bits per heavy atom. The van der Waals surface area contributed by atoms with Gasteiger partial charge in [-0.15, -0.1) is 0 Å². The molecule has 0 amide bonds. The van der Waals surface area contributed by atoms with Gasteiger partial charge >= 0.3 is 11.9 Å². The summed E-state index contributed by atoms with van der Waals surface area (Å²) in [6, 6.07) is 3.49. The highest BCUT2D eigenvalue weighted by atomic mass is 16.5. The maximum absolute atomic E-state index is 12.8. The fraction of sp³-hybridized carbons (Fsp3) is 0.500. The monoisotopic (exact) mass is 552 g/mol. The molecule has 1 aromatic rings. The van der Waals surface area contributed by atoms with Crippen LogP contribution in [-0.4, -0.2) is 57.7 Å². The molecule has 1 heterocycles. The van der Waals surface area contributed by atoms with E-state index in [0.717, 1.165) is 24.8 Å². The van der Waals surface area contributed by atoms with Crippen LogP contribution >= 0.6 is 0 Å². The lowest BCUT2D eigenvalue weighted by atomic mass is 9.46. The number of carbonyl (C=O) groups excluding carboxylic acids is 2. The molecule has 2 aliphatic carbocycles. The number of hydrogen-bond donors (Lipinski definition) is 1. The molecular weight excluding hydrogens is 512 g/mol. The SMILES string of the molecule is C=C1CCC2[C@](C)(COC(=O)/C=C/c3cc(OC)c(OC)c(OC)c3)[C@H](O)CC[C@@]2(C)[C@@H]1/C=C/C1=CCOC1=O. The Kier molecular flexibility index (Phi) is 8.78. The van der Waals surface area contributed by atoms with Crippen molar-refractivity contribution in [2.24, 2.45) is 22.7 Å². The molecule has 1 aliphatic heterocycles. The summed E-state index contributed by atoms with van der Waals surface area (Å²) in [7, 11) is 4.59. The summed E-state index contributed by atoms with van der Waals surface area (Å²) in [5.41, 5.74) is 1.52. The number of rotatable bonds is 9. The molecule has 5 atom stereocenters. The molecule has 2 saturated carbocycles. The maximum Gasteiger partial charge on any atom is 0.338 e. The van der Waals surface area contributed by atoms with E-state index >= 15 is 0 Å². The van der Waals surface area contributed by atoms with E-state index in [-0.39, 0.29) is 29.8 Å². The highest BCUT2D eigenvalue weighted by Crippen LogP contribution is 2.61. The summed E-state index contributed by atoms with van der Waals surface area (Å²) >= 11 is 0. The van der Waals surface area contributed by atoms with Crippen molar-refractivity contribution in [2.75, 3.05) is 34.5 Å². The number of aliphatic hydroxyl groups is 1. The van der Waals surface area contributed by atoms with Gasteiger partial charge in [-0.05, 0) is 66.9 Å². The number of aliphatic hydroxyl groups excluding tert-OH is 1. The van der Waals surface area contributed by atoms with Gasteiger partial charge in [0.2, 0.25) is 5.75 Å². The molecule has 0 bridgehead atoms. The van der Waals surface area contributed by atoms with Crippen molar-refractivity contribution in [3.05, 3.63) is 59.7 Å². The van der Waals surface area contributed by atoms with Gasteiger partial charge in [-0.25, -0.2) is 9.59 Å². The summed E-state index contributed by atoms with van der Waals surface area (Å²) < 4.78 is 26.9. The van der Waals surface area contributed by atoms with Crippen LogP contribution in [-0.2, 0) is 19.1 Å². The first-order valence-electron chi connectivity index (χ1n) is 13.6. The number of allylic oxidation sites excluding steroid dienone is 2. The summed E-state index contributed by atoms with van der Waals surface area (Å²) in [5.74, 6) is 0.734. The first-order valence-corrected chi connectivity index (χ1v) is 13.6. The van der Waals surface area contributed by atoms with Crippen LogP contribution in [0, 0.1) is 22.7 Å². The number of fused-ring (bicyclic) bond motifs is 1. The Bertz CT molecular complexity index is 1220. The van der Waals surface area contributed by atoms with Gasteiger partial charge in [0.25, 0.3) is 0 Å². The number of cyclic esters (lactones) is 1. The third-order valence-electron chi connectivity index (χ3n) is 9.06. The largest absolute Gasteiger partial charge is 0.493 e. The normalized spacial score (nSPS) is 30.1. The second-order valence-corrected chi connectivity index (χ2v) is 11.3. The van der Waals surface area contributed by atoms with E-state index in [1.807, 2.05) is 13.0 Å². The standard InChI is InChI=1S/C32H40O8/c1-20-7-11-26-31(2,23(20)10-9-22-14-16-39-30(22)35)15-13-27(33)32(26,3)19-40-28(34)12-8-21-17-24(36-4)29(38-6)25(18-21)37-5/h8-10,12,14,17-18,23,26-27,33H,1,7,11,13,15-16,19H2,2-6H3/b10-9+,12-8+/t23-,26?,27-,31+,32+/m1/s1. The fourth-order valence-electron chi connectivity index (χ4n) is 6.82. The van der Waals surface area contributed by atoms with Crippen LogP contribution < -0.4 is 14.2 Å². The zero-order chi connectivity index (χ0) is 29.1. The third-order valence-corrected chi connectivity index (χ3v) is 9.06. The molecule has 4 rings (SSSR count). The van der Waals surface area contributed by atoms with E-state index in [1.54, 1.807) is 24.3 Å². The predicted molar refractivity (Wildman–Crippen MR) is 151 cm³/mol. The van der Waals surface area contributed by atoms with Crippen LogP contribution in [0.5, 0.6) is 17.2 Å². The molecule has 0 saturated heterocycles. The second kappa shape index (κ2) is 11.9. The number of methoxy groups -OCH3 is 3. The Hall–Kier alpha value is -3.52. The van der Waals surface area contributed by atoms with Crippen LogP contribution in [0.1, 0.15) is 45.1 Å². The van der Waals surface area contributed by atoms with E-state index in [1.165, 1.54) is 27.4 Å². The number of benzene rings is 1. The van der Waals surface area contributed by atoms with Gasteiger partial charge in [-0.1, -0.05) is 38.2 Å². The molecule has 2 fully saturated rings. The topological polar surface area (TPSA) is 101 Å². The third kappa shape index (κ3) is 5.55. The smallest absolute Gasteiger partial charge is 0.338 e. The Balaban J connectivity index is 1.50. The molecule has 1 unspecified atom stereocenters. The van der Waals surface area contributed by atoms with Crippen LogP contribution in [0.4, 0.5) is 0 Å². The molecule has 0 radical (unpaired) electrons. The van der Waals surface area contributed by atoms with Crippen molar-refractivity contribution in [3.8, 4) is 17.2 Å². The molecule has 0 aromatic heterocycles. The summed E-state index contributed by atoms with van der Waals surface area (Å²) in [5, 5.41) is 11.2. The lowest BCUT2D eigenvalue weighted by Gasteiger charge is -2.59. The summed E-state index contributed by atoms with van der Waals surface area (Å²) in [6.07, 6.45) is 11.1. The zero-order valence-electron chi connectivity index (χ0n) is 24.0. The van der Waals surface area contributed by atoms with E-state index in [0.29, 0.717) is 41.4 Å². The van der Waals surface area contributed by atoms with E-state index in [4.69, 9.17) is 23.7 Å². The minimum atomic E-state index is -0.637. The molecule has 3 aliphatic rings. The molecule has 1 aromatic carbocycles. The Labute approximate surface area is 236 Å². The van der Waals surface area contributed by atoms with Crippen LogP contribution in [0.15, 0.2) is 54.2 Å². The summed E-state index contributed by atoms with van der Waals surface area (Å²) in [6.45, 7) is 8.99. The van der Waals surface area contributed by atoms with Crippen molar-refractivity contribution in [1.82, 2.24) is 0 Å². The van der Waals surface area contributed by atoms with E-state index in [9.17, 15) is 14.7 Å². The van der Waals surface area contributed by atoms with Crippen LogP contribution in [0.3, 0.4) is 0 Å². The van der Waals surface area contributed by atoms with Gasteiger partial charge < -0.3 is 28.8 Å². The second-order valence-electron chi connectivity index (χ2n) is 11.3. The van der Waals surface area contributed by atoms with Gasteiger partial charge in [0.1, 0.15) is 6.61 Å². The minimum absolute atomic E-state index is 0.0306. The highest BCUT2D eigenvalue weighted by Gasteiger charge is 2.57. The van der Waals surface area contributed by atoms with Crippen molar-refractivity contribution in [3.63, 3.8) is 0 Å². The molecule has 216 valence electrons. The average molecular weight is 553 g/mol. The van der Waals surface area contributed by atoms with Crippen molar-refractivity contribution < 1.29 is 38.4 Å². The van der Waals surface area contributed by atoms with Gasteiger partial charge in [0.15, 0.2) is 11.5 Å². The first kappa shape index (κ1) is 29.5. The predicted octanol–water partition coefficient (Wildman–Crippen LogP) is 5.06. The lowest BCUT2D eigenvalue weighted by Crippen LogP contribution is -2.57. The molecule has 8 nitrogen and oxygen atoms in total. The van der Waals surface area contributed by atoms with Gasteiger partial charge in [0, 0.05) is 17.4 Å². The number of ether oxygens (including phenoxy) is 5. The fourth-order valence-corrected chi connectivity index (χ4v) is 6.82. The Morgan fingerprint density at radius 2 is 1.82 bits per heavy atom.